The molecule has 0 saturated carbocycles. The van der Waals surface area contributed by atoms with Crippen LogP contribution in [0.1, 0.15) is 30.0 Å². The smallest absolute Gasteiger partial charge is 0.240 e. The van der Waals surface area contributed by atoms with Gasteiger partial charge in [0.1, 0.15) is 0 Å². The van der Waals surface area contributed by atoms with E-state index in [4.69, 9.17) is 23.2 Å². The number of aliphatic imine (C=N–C) groups is 1. The Bertz CT molecular complexity index is 908. The highest BCUT2D eigenvalue weighted by Gasteiger charge is 2.26. The van der Waals surface area contributed by atoms with Gasteiger partial charge in [-0.05, 0) is 49.2 Å². The second-order valence-electron chi connectivity index (χ2n) is 7.21. The number of likely N-dealkylation sites (tertiary alicyclic amines) is 1. The highest BCUT2D eigenvalue weighted by Crippen LogP contribution is 2.32. The number of carbonyl (C=O) groups is 1. The van der Waals surface area contributed by atoms with Crippen molar-refractivity contribution in [2.45, 2.75) is 25.3 Å². The molecule has 2 aromatic rings. The van der Waals surface area contributed by atoms with E-state index in [-0.39, 0.29) is 23.4 Å². The summed E-state index contributed by atoms with van der Waals surface area (Å²) < 4.78 is 0. The van der Waals surface area contributed by atoms with Crippen molar-refractivity contribution in [2.24, 2.45) is 4.99 Å². The van der Waals surface area contributed by atoms with Crippen LogP contribution in [0.4, 0.5) is 5.69 Å². The largest absolute Gasteiger partial charge is 0.337 e. The Balaban J connectivity index is 1.84. The third-order valence-electron chi connectivity index (χ3n) is 5.30. The monoisotopic (exact) mass is 431 g/mol. The van der Waals surface area contributed by atoms with Crippen LogP contribution in [0.5, 0.6) is 0 Å². The lowest BCUT2D eigenvalue weighted by Crippen LogP contribution is -2.39. The van der Waals surface area contributed by atoms with Gasteiger partial charge in [0.15, 0.2) is 0 Å². The Morgan fingerprint density at radius 3 is 2.48 bits per heavy atom. The summed E-state index contributed by atoms with van der Waals surface area (Å²) >= 11 is 12.1. The summed E-state index contributed by atoms with van der Waals surface area (Å²) in [6.45, 7) is 2.89. The molecule has 0 radical (unpaired) electrons. The average molecular weight is 432 g/mol. The molecule has 0 spiro atoms. The molecule has 1 saturated heterocycles. The Hall–Kier alpha value is -2.17. The van der Waals surface area contributed by atoms with Crippen molar-refractivity contribution in [3.05, 3.63) is 63.6 Å². The van der Waals surface area contributed by atoms with Gasteiger partial charge in [0, 0.05) is 13.6 Å². The van der Waals surface area contributed by atoms with Crippen LogP contribution < -0.4 is 0 Å². The Labute approximate surface area is 180 Å². The van der Waals surface area contributed by atoms with Gasteiger partial charge in [-0.2, -0.15) is 4.99 Å². The highest BCUT2D eigenvalue weighted by molar-refractivity contribution is 6.42. The Kier molecular flexibility index (Phi) is 7.45. The first kappa shape index (κ1) is 21.5. The van der Waals surface area contributed by atoms with Crippen molar-refractivity contribution in [3.63, 3.8) is 0 Å². The van der Waals surface area contributed by atoms with Gasteiger partial charge in [-0.15, -0.1) is 0 Å². The summed E-state index contributed by atoms with van der Waals surface area (Å²) in [5.74, 6) is -0.0845. The Morgan fingerprint density at radius 1 is 1.17 bits per heavy atom. The van der Waals surface area contributed by atoms with Gasteiger partial charge in [0.05, 0.1) is 28.2 Å². The zero-order valence-corrected chi connectivity index (χ0v) is 17.8. The van der Waals surface area contributed by atoms with E-state index < -0.39 is 0 Å². The van der Waals surface area contributed by atoms with E-state index in [0.29, 0.717) is 16.3 Å². The van der Waals surface area contributed by atoms with E-state index in [9.17, 15) is 9.59 Å². The van der Waals surface area contributed by atoms with Crippen LogP contribution in [0.15, 0.2) is 47.5 Å². The van der Waals surface area contributed by atoms with Gasteiger partial charge in [0.25, 0.3) is 0 Å². The third kappa shape index (κ3) is 5.46. The fourth-order valence-electron chi connectivity index (χ4n) is 3.67. The van der Waals surface area contributed by atoms with Crippen LogP contribution in [-0.4, -0.2) is 48.5 Å². The number of hydrogen-bond acceptors (Lipinski definition) is 4. The fourth-order valence-corrected chi connectivity index (χ4v) is 4.01. The zero-order chi connectivity index (χ0) is 20.8. The maximum absolute atomic E-state index is 13.1. The van der Waals surface area contributed by atoms with Crippen LogP contribution in [-0.2, 0) is 16.0 Å². The van der Waals surface area contributed by atoms with Crippen molar-refractivity contribution in [1.29, 1.82) is 0 Å². The molecule has 1 aliphatic heterocycles. The molecule has 29 heavy (non-hydrogen) atoms. The minimum atomic E-state index is -0.0845. The number of likely N-dealkylation sites (N-methyl/N-ethyl adjacent to an activating group) is 1. The summed E-state index contributed by atoms with van der Waals surface area (Å²) in [5.41, 5.74) is 1.95. The summed E-state index contributed by atoms with van der Waals surface area (Å²) in [4.78, 5) is 31.7. The van der Waals surface area contributed by atoms with Gasteiger partial charge in [-0.3, -0.25) is 4.79 Å². The van der Waals surface area contributed by atoms with Crippen molar-refractivity contribution < 1.29 is 9.59 Å². The molecule has 2 aromatic carbocycles. The Morgan fingerprint density at radius 2 is 1.83 bits per heavy atom. The first-order valence-electron chi connectivity index (χ1n) is 9.58. The molecule has 0 aliphatic carbocycles. The van der Waals surface area contributed by atoms with E-state index in [0.717, 1.165) is 25.2 Å². The van der Waals surface area contributed by atoms with E-state index in [1.54, 1.807) is 11.0 Å². The number of rotatable bonds is 7. The molecular weight excluding hydrogens is 409 g/mol. The van der Waals surface area contributed by atoms with Gasteiger partial charge in [-0.1, -0.05) is 53.5 Å². The highest BCUT2D eigenvalue weighted by atomic mass is 35.5. The van der Waals surface area contributed by atoms with Gasteiger partial charge in [-0.25, -0.2) is 4.79 Å². The van der Waals surface area contributed by atoms with Crippen LogP contribution >= 0.6 is 23.2 Å². The second kappa shape index (κ2) is 10.0. The fraction of sp³-hybridized carbons (Fsp3) is 0.364. The molecule has 1 fully saturated rings. The lowest BCUT2D eigenvalue weighted by molar-refractivity contribution is -0.131. The molecule has 1 aliphatic rings. The molecule has 5 nitrogen and oxygen atoms in total. The van der Waals surface area contributed by atoms with E-state index in [1.165, 1.54) is 25.0 Å². The molecule has 1 heterocycles. The van der Waals surface area contributed by atoms with Crippen LogP contribution in [0.2, 0.25) is 10.0 Å². The maximum atomic E-state index is 13.1. The number of amides is 1. The van der Waals surface area contributed by atoms with E-state index in [1.807, 2.05) is 37.4 Å². The first-order chi connectivity index (χ1) is 14.0. The molecular formula is C22H23Cl2N3O2. The molecule has 1 atom stereocenters. The lowest BCUT2D eigenvalue weighted by Gasteiger charge is -2.32. The minimum absolute atomic E-state index is 0.0667. The SMILES string of the molecule is CN(C(=O)Cc1cc(Cl)c(Cl)cc1N=C=O)[C@H](CN1CCCC1)c1ccccc1. The van der Waals surface area contributed by atoms with Crippen molar-refractivity contribution >= 4 is 40.9 Å². The summed E-state index contributed by atoms with van der Waals surface area (Å²) in [5, 5.41) is 0.597. The normalized spacial score (nSPS) is 15.0. The molecule has 0 N–H and O–H groups in total. The van der Waals surface area contributed by atoms with Gasteiger partial charge >= 0.3 is 0 Å². The van der Waals surface area contributed by atoms with Crippen LogP contribution in [0, 0.1) is 0 Å². The summed E-state index contributed by atoms with van der Waals surface area (Å²) in [6.07, 6.45) is 3.96. The molecule has 0 aromatic heterocycles. The van der Waals surface area contributed by atoms with Crippen molar-refractivity contribution in [2.75, 3.05) is 26.7 Å². The standard InChI is InChI=1S/C22H23Cl2N3O2/c1-26(21(14-27-9-5-6-10-27)16-7-3-2-4-8-16)22(29)12-17-11-18(23)19(24)13-20(17)25-15-28/h2-4,7-8,11,13,21H,5-6,9-10,12,14H2,1H3/t21-/m1/s1. The predicted octanol–water partition coefficient (Wildman–Crippen LogP) is 4.80. The van der Waals surface area contributed by atoms with Crippen molar-refractivity contribution in [1.82, 2.24) is 9.80 Å². The molecule has 7 heteroatoms. The van der Waals surface area contributed by atoms with Gasteiger partial charge in [0.2, 0.25) is 12.0 Å². The molecule has 0 bridgehead atoms. The number of hydrogen-bond donors (Lipinski definition) is 0. The third-order valence-corrected chi connectivity index (χ3v) is 6.03. The van der Waals surface area contributed by atoms with E-state index in [2.05, 4.69) is 9.89 Å². The maximum Gasteiger partial charge on any atom is 0.240 e. The molecule has 152 valence electrons. The number of isocyanates is 1. The first-order valence-corrected chi connectivity index (χ1v) is 10.3. The number of carbonyl (C=O) groups excluding carboxylic acids is 2. The quantitative estimate of drug-likeness (QED) is 0.467. The molecule has 1 amide bonds. The second-order valence-corrected chi connectivity index (χ2v) is 8.03. The molecule has 3 rings (SSSR count). The van der Waals surface area contributed by atoms with Crippen molar-refractivity contribution in [3.8, 4) is 0 Å². The average Bonchev–Trinajstić information content (AvgIpc) is 3.23. The van der Waals surface area contributed by atoms with E-state index >= 15 is 0 Å². The molecule has 0 unspecified atom stereocenters. The predicted molar refractivity (Wildman–Crippen MR) is 116 cm³/mol. The number of halogens is 2. The van der Waals surface area contributed by atoms with Crippen LogP contribution in [0.3, 0.4) is 0 Å². The summed E-state index contributed by atoms with van der Waals surface area (Å²) in [7, 11) is 1.82. The number of benzene rings is 2. The minimum Gasteiger partial charge on any atom is -0.337 e. The van der Waals surface area contributed by atoms with Crippen LogP contribution in [0.25, 0.3) is 0 Å². The van der Waals surface area contributed by atoms with Gasteiger partial charge < -0.3 is 9.80 Å². The lowest BCUT2D eigenvalue weighted by atomic mass is 10.0. The zero-order valence-electron chi connectivity index (χ0n) is 16.3. The summed E-state index contributed by atoms with van der Waals surface area (Å²) in [6, 6.07) is 13.0. The number of nitrogens with zero attached hydrogens (tertiary/aromatic N) is 3. The topological polar surface area (TPSA) is 53.0 Å².